The van der Waals surface area contributed by atoms with Crippen molar-refractivity contribution in [3.8, 4) is 0 Å². The van der Waals surface area contributed by atoms with Gasteiger partial charge in [-0.1, -0.05) is 60.7 Å². The Labute approximate surface area is 267 Å². The van der Waals surface area contributed by atoms with E-state index < -0.39 is 17.5 Å². The van der Waals surface area contributed by atoms with Gasteiger partial charge in [0.05, 0.1) is 5.54 Å². The minimum atomic E-state index is -1.26. The summed E-state index contributed by atoms with van der Waals surface area (Å²) < 4.78 is 14.3. The van der Waals surface area contributed by atoms with E-state index in [1.54, 1.807) is 18.2 Å². The topological polar surface area (TPSA) is 114 Å². The highest BCUT2D eigenvalue weighted by Gasteiger charge is 2.52. The highest BCUT2D eigenvalue weighted by molar-refractivity contribution is 5.94. The molecule has 238 valence electrons. The molecule has 3 aromatic carbocycles. The summed E-state index contributed by atoms with van der Waals surface area (Å²) in [6, 6.07) is 25.5. The summed E-state index contributed by atoms with van der Waals surface area (Å²) in [4.78, 5) is 41.0. The largest absolute Gasteiger partial charge is 0.478 e. The number of carbonyl (C=O) groups excluding carboxylic acids is 1. The van der Waals surface area contributed by atoms with Crippen molar-refractivity contribution < 1.29 is 29.0 Å². The molecule has 6 rings (SSSR count). The van der Waals surface area contributed by atoms with E-state index in [0.717, 1.165) is 48.7 Å². The van der Waals surface area contributed by atoms with Crippen LogP contribution in [0.4, 0.5) is 4.39 Å². The van der Waals surface area contributed by atoms with Crippen molar-refractivity contribution in [2.45, 2.75) is 43.2 Å². The van der Waals surface area contributed by atoms with Gasteiger partial charge in [0.15, 0.2) is 0 Å². The zero-order chi connectivity index (χ0) is 32.9. The molecule has 1 aromatic heterocycles. The molecule has 8 nitrogen and oxygen atoms in total. The number of fused-ring (bicyclic) bond motifs is 4. The lowest BCUT2D eigenvalue weighted by Crippen LogP contribution is -2.58. The number of aromatic amines is 1. The molecular weight excluding hydrogens is 585 g/mol. The minimum Gasteiger partial charge on any atom is -0.478 e. The lowest BCUT2D eigenvalue weighted by Gasteiger charge is -2.55. The third-order valence-corrected chi connectivity index (χ3v) is 9.36. The van der Waals surface area contributed by atoms with Gasteiger partial charge in [0, 0.05) is 46.9 Å². The number of H-pyrrole nitrogens is 1. The van der Waals surface area contributed by atoms with Crippen LogP contribution in [0.2, 0.25) is 0 Å². The highest BCUT2D eigenvalue weighted by atomic mass is 19.1. The van der Waals surface area contributed by atoms with Gasteiger partial charge in [0.2, 0.25) is 5.91 Å². The minimum absolute atomic E-state index is 0.0428. The quantitative estimate of drug-likeness (QED) is 0.216. The molecule has 0 atom stereocenters. The number of nitrogens with zero attached hydrogens (tertiary/aromatic N) is 2. The number of amides is 1. The first-order valence-corrected chi connectivity index (χ1v) is 15.3. The van der Waals surface area contributed by atoms with Crippen molar-refractivity contribution in [2.75, 3.05) is 20.6 Å². The van der Waals surface area contributed by atoms with Crippen LogP contribution in [0.5, 0.6) is 0 Å². The van der Waals surface area contributed by atoms with Crippen LogP contribution < -0.4 is 0 Å². The van der Waals surface area contributed by atoms with E-state index in [1.165, 1.54) is 22.7 Å². The predicted molar refractivity (Wildman–Crippen MR) is 176 cm³/mol. The van der Waals surface area contributed by atoms with E-state index in [9.17, 15) is 18.8 Å². The van der Waals surface area contributed by atoms with Crippen LogP contribution in [0.25, 0.3) is 17.0 Å². The average molecular weight is 624 g/mol. The fourth-order valence-electron chi connectivity index (χ4n) is 7.08. The molecule has 2 heterocycles. The Morgan fingerprint density at radius 2 is 1.50 bits per heavy atom. The molecule has 46 heavy (non-hydrogen) atoms. The molecule has 1 saturated carbocycles. The Bertz CT molecular complexity index is 1770. The van der Waals surface area contributed by atoms with Crippen molar-refractivity contribution in [2.24, 2.45) is 0 Å². The van der Waals surface area contributed by atoms with Crippen LogP contribution in [0.1, 0.15) is 48.1 Å². The van der Waals surface area contributed by atoms with Crippen LogP contribution >= 0.6 is 0 Å². The van der Waals surface area contributed by atoms with Crippen molar-refractivity contribution >= 4 is 34.8 Å². The van der Waals surface area contributed by atoms with Gasteiger partial charge in [-0.3, -0.25) is 9.69 Å². The third kappa shape index (κ3) is 6.50. The second-order valence-electron chi connectivity index (χ2n) is 12.0. The molecule has 0 radical (unpaired) electrons. The molecule has 0 saturated heterocycles. The molecule has 1 spiro atoms. The number of aliphatic carboxylic acids is 2. The molecular formula is C37H38FN3O5. The van der Waals surface area contributed by atoms with Crippen molar-refractivity contribution in [1.29, 1.82) is 0 Å². The SMILES string of the molecule is CN(C)C1(c2cccc(F)c2)CCC2(CC1)c1[nH]c3ccccc3c1CCN2C(=O)/C=C/c1ccccc1.O=C(O)/C=C/C(=O)O. The summed E-state index contributed by atoms with van der Waals surface area (Å²) in [6.07, 6.45) is 8.83. The van der Waals surface area contributed by atoms with Gasteiger partial charge in [0.25, 0.3) is 0 Å². The van der Waals surface area contributed by atoms with Crippen LogP contribution in [-0.2, 0) is 31.9 Å². The number of carboxylic acid groups (broad SMARTS) is 2. The molecule has 1 amide bonds. The van der Waals surface area contributed by atoms with Gasteiger partial charge in [-0.2, -0.15) is 0 Å². The molecule has 3 N–H and O–H groups in total. The number of rotatable bonds is 6. The predicted octanol–water partition coefficient (Wildman–Crippen LogP) is 6.34. The number of para-hydroxylation sites is 1. The number of halogens is 1. The zero-order valence-electron chi connectivity index (χ0n) is 25.9. The maximum atomic E-state index is 14.3. The normalized spacial score (nSPS) is 21.0. The number of nitrogens with one attached hydrogen (secondary N) is 1. The molecule has 0 unspecified atom stereocenters. The van der Waals surface area contributed by atoms with E-state index in [4.69, 9.17) is 10.2 Å². The van der Waals surface area contributed by atoms with E-state index in [1.807, 2.05) is 42.5 Å². The smallest absolute Gasteiger partial charge is 0.328 e. The highest BCUT2D eigenvalue weighted by Crippen LogP contribution is 2.53. The van der Waals surface area contributed by atoms with Crippen molar-refractivity contribution in [3.05, 3.63) is 125 Å². The summed E-state index contributed by atoms with van der Waals surface area (Å²) >= 11 is 0. The summed E-state index contributed by atoms with van der Waals surface area (Å²) in [7, 11) is 4.17. The standard InChI is InChI=1S/C33H34FN3O.C4H4O4/c1-36(2)32(25-11-8-12-26(34)23-25)18-20-33(21-19-32)31-28(27-13-6-7-14-29(27)35-31)17-22-37(33)30(38)16-15-24-9-4-3-5-10-24;5-3(6)1-2-4(7)8/h3-16,23,35H,17-22H2,1-2H3;1-2H,(H,5,6)(H,7,8)/b16-15+;2-1+. The van der Waals surface area contributed by atoms with E-state index in [2.05, 4.69) is 53.1 Å². The van der Waals surface area contributed by atoms with Crippen LogP contribution in [-0.4, -0.2) is 63.5 Å². The number of hydrogen-bond acceptors (Lipinski definition) is 4. The third-order valence-electron chi connectivity index (χ3n) is 9.36. The van der Waals surface area contributed by atoms with Crippen LogP contribution in [0, 0.1) is 5.82 Å². The Balaban J connectivity index is 0.000000463. The molecule has 1 fully saturated rings. The lowest BCUT2D eigenvalue weighted by atomic mass is 9.65. The van der Waals surface area contributed by atoms with Crippen LogP contribution in [0.3, 0.4) is 0 Å². The van der Waals surface area contributed by atoms with Gasteiger partial charge < -0.3 is 20.1 Å². The monoisotopic (exact) mass is 623 g/mol. The zero-order valence-corrected chi connectivity index (χ0v) is 25.9. The Morgan fingerprint density at radius 3 is 2.13 bits per heavy atom. The first-order chi connectivity index (χ1) is 22.1. The molecule has 9 heteroatoms. The average Bonchev–Trinajstić information content (AvgIpc) is 3.44. The van der Waals surface area contributed by atoms with Gasteiger partial charge in [-0.05, 0) is 87.2 Å². The number of benzene rings is 3. The first kappa shape index (κ1) is 32.4. The maximum absolute atomic E-state index is 14.3. The first-order valence-electron chi connectivity index (χ1n) is 15.3. The molecule has 2 aliphatic rings. The number of carbonyl (C=O) groups is 3. The maximum Gasteiger partial charge on any atom is 0.328 e. The fourth-order valence-corrected chi connectivity index (χ4v) is 7.08. The van der Waals surface area contributed by atoms with Gasteiger partial charge >= 0.3 is 11.9 Å². The summed E-state index contributed by atoms with van der Waals surface area (Å²) in [5.74, 6) is -2.68. The Hall–Kier alpha value is -5.02. The van der Waals surface area contributed by atoms with Gasteiger partial charge in [0.1, 0.15) is 5.82 Å². The Kier molecular flexibility index (Phi) is 9.53. The lowest BCUT2D eigenvalue weighted by molar-refractivity contribution is -0.137. The molecule has 4 aromatic rings. The summed E-state index contributed by atoms with van der Waals surface area (Å²) in [5, 5.41) is 16.9. The number of carboxylic acids is 2. The molecule has 1 aliphatic heterocycles. The second-order valence-corrected chi connectivity index (χ2v) is 12.0. The molecule has 1 aliphatic carbocycles. The Morgan fingerprint density at radius 1 is 0.848 bits per heavy atom. The van der Waals surface area contributed by atoms with E-state index in [0.29, 0.717) is 18.7 Å². The summed E-state index contributed by atoms with van der Waals surface area (Å²) in [6.45, 7) is 0.682. The van der Waals surface area contributed by atoms with Crippen LogP contribution in [0.15, 0.2) is 97.1 Å². The second kappa shape index (κ2) is 13.5. The van der Waals surface area contributed by atoms with E-state index in [-0.39, 0.29) is 17.3 Å². The van der Waals surface area contributed by atoms with Crippen molar-refractivity contribution in [3.63, 3.8) is 0 Å². The number of aromatic nitrogens is 1. The van der Waals surface area contributed by atoms with E-state index >= 15 is 0 Å². The number of hydrogen-bond donors (Lipinski definition) is 3. The summed E-state index contributed by atoms with van der Waals surface area (Å²) in [5.41, 5.74) is 4.94. The fraction of sp³-hybridized carbons (Fsp3) is 0.270. The van der Waals surface area contributed by atoms with Gasteiger partial charge in [-0.15, -0.1) is 0 Å². The van der Waals surface area contributed by atoms with Crippen molar-refractivity contribution in [1.82, 2.24) is 14.8 Å². The molecule has 0 bridgehead atoms. The van der Waals surface area contributed by atoms with Gasteiger partial charge in [-0.25, -0.2) is 14.0 Å².